The first kappa shape index (κ1) is 24.5. The predicted octanol–water partition coefficient (Wildman–Crippen LogP) is 3.28. The van der Waals surface area contributed by atoms with Crippen molar-refractivity contribution in [1.82, 2.24) is 19.8 Å². The molecule has 2 N–H and O–H groups in total. The molecular formula is C27H28FN5O4. The van der Waals surface area contributed by atoms with Gasteiger partial charge < -0.3 is 24.8 Å². The number of nitrogens with one attached hydrogen (secondary N) is 2. The average molecular weight is 506 g/mol. The van der Waals surface area contributed by atoms with Crippen LogP contribution in [0.5, 0.6) is 5.75 Å². The molecule has 1 aliphatic heterocycles. The third kappa shape index (κ3) is 4.54. The first-order chi connectivity index (χ1) is 17.7. The lowest BCUT2D eigenvalue weighted by Crippen LogP contribution is -2.64. The summed E-state index contributed by atoms with van der Waals surface area (Å²) in [6.45, 7) is 3.97. The minimum atomic E-state index is -1.18. The molecule has 10 heteroatoms. The van der Waals surface area contributed by atoms with E-state index in [0.717, 1.165) is 24.0 Å². The zero-order valence-electron chi connectivity index (χ0n) is 20.9. The number of nitrogens with zero attached hydrogens (tertiary/aromatic N) is 3. The van der Waals surface area contributed by atoms with Crippen molar-refractivity contribution in [2.24, 2.45) is 0 Å². The topological polar surface area (TPSA) is 106 Å². The van der Waals surface area contributed by atoms with E-state index in [2.05, 4.69) is 15.6 Å². The highest BCUT2D eigenvalue weighted by Gasteiger charge is 2.53. The van der Waals surface area contributed by atoms with E-state index in [4.69, 9.17) is 4.74 Å². The molecule has 192 valence electrons. The summed E-state index contributed by atoms with van der Waals surface area (Å²) >= 11 is 0. The fourth-order valence-electron chi connectivity index (χ4n) is 4.80. The van der Waals surface area contributed by atoms with Gasteiger partial charge in [-0.05, 0) is 62.1 Å². The predicted molar refractivity (Wildman–Crippen MR) is 134 cm³/mol. The molecule has 1 saturated carbocycles. The molecule has 0 unspecified atom stereocenters. The van der Waals surface area contributed by atoms with E-state index in [0.29, 0.717) is 11.4 Å². The molecule has 1 atom stereocenters. The number of rotatable bonds is 7. The molecule has 1 fully saturated rings. The number of ether oxygens (including phenoxy) is 1. The molecule has 0 radical (unpaired) electrons. The molecule has 0 saturated heterocycles. The van der Waals surface area contributed by atoms with Crippen LogP contribution >= 0.6 is 0 Å². The van der Waals surface area contributed by atoms with Crippen molar-refractivity contribution in [3.63, 3.8) is 0 Å². The second kappa shape index (κ2) is 9.34. The third-order valence-electron chi connectivity index (χ3n) is 6.85. The van der Waals surface area contributed by atoms with Crippen molar-refractivity contribution in [1.29, 1.82) is 0 Å². The Morgan fingerprint density at radius 1 is 1.19 bits per heavy atom. The zero-order chi connectivity index (χ0) is 26.3. The number of amides is 3. The maximum Gasteiger partial charge on any atom is 0.276 e. The van der Waals surface area contributed by atoms with Gasteiger partial charge in [0.15, 0.2) is 5.69 Å². The van der Waals surface area contributed by atoms with Crippen LogP contribution in [0.4, 0.5) is 10.1 Å². The Bertz CT molecular complexity index is 1380. The molecule has 5 rings (SSSR count). The molecule has 3 aromatic rings. The molecule has 0 spiro atoms. The smallest absolute Gasteiger partial charge is 0.276 e. The fourth-order valence-corrected chi connectivity index (χ4v) is 4.80. The molecule has 0 bridgehead atoms. The number of fused-ring (bicyclic) bond motifs is 1. The number of hydrogen-bond acceptors (Lipinski definition) is 5. The summed E-state index contributed by atoms with van der Waals surface area (Å²) in [6.07, 6.45) is 2.98. The van der Waals surface area contributed by atoms with Crippen LogP contribution < -0.4 is 15.4 Å². The number of aryl methyl sites for hydroxylation is 1. The number of anilines is 1. The summed E-state index contributed by atoms with van der Waals surface area (Å²) in [5, 5.41) is 5.70. The number of imidazole rings is 1. The Hall–Kier alpha value is -4.21. The van der Waals surface area contributed by atoms with Crippen LogP contribution in [0.25, 0.3) is 0 Å². The van der Waals surface area contributed by atoms with E-state index in [-0.39, 0.29) is 42.2 Å². The van der Waals surface area contributed by atoms with E-state index in [1.54, 1.807) is 40.7 Å². The van der Waals surface area contributed by atoms with E-state index in [1.165, 1.54) is 25.6 Å². The highest BCUT2D eigenvalue weighted by molar-refractivity contribution is 6.12. The monoisotopic (exact) mass is 505 g/mol. The molecular weight excluding hydrogens is 477 g/mol. The van der Waals surface area contributed by atoms with Crippen LogP contribution in [0.1, 0.15) is 51.9 Å². The SMILES string of the molecule is COc1ccc(C)cc1NC(=O)c1ncn2c1C(=O)N(C1CC1)[C@](C)(C(=O)NCc1ccc(F)cc1)C2. The largest absolute Gasteiger partial charge is 0.495 e. The minimum absolute atomic E-state index is 0.00650. The summed E-state index contributed by atoms with van der Waals surface area (Å²) in [6, 6.07) is 11.2. The lowest BCUT2D eigenvalue weighted by molar-refractivity contribution is -0.133. The van der Waals surface area contributed by atoms with E-state index < -0.39 is 17.4 Å². The molecule has 1 aliphatic carbocycles. The highest BCUT2D eigenvalue weighted by atomic mass is 19.1. The average Bonchev–Trinajstić information content (AvgIpc) is 3.61. The summed E-state index contributed by atoms with van der Waals surface area (Å²) < 4.78 is 20.1. The Morgan fingerprint density at radius 2 is 1.92 bits per heavy atom. The summed E-state index contributed by atoms with van der Waals surface area (Å²) in [7, 11) is 1.51. The summed E-state index contributed by atoms with van der Waals surface area (Å²) in [4.78, 5) is 46.3. The quantitative estimate of drug-likeness (QED) is 0.513. The Balaban J connectivity index is 1.41. The van der Waals surface area contributed by atoms with Crippen LogP contribution in [-0.2, 0) is 17.9 Å². The Labute approximate surface area is 213 Å². The van der Waals surface area contributed by atoms with E-state index in [9.17, 15) is 18.8 Å². The lowest BCUT2D eigenvalue weighted by atomic mass is 9.93. The van der Waals surface area contributed by atoms with Crippen molar-refractivity contribution in [3.8, 4) is 5.75 Å². The number of hydrogen-bond donors (Lipinski definition) is 2. The lowest BCUT2D eigenvalue weighted by Gasteiger charge is -2.44. The Kier molecular flexibility index (Phi) is 6.18. The minimum Gasteiger partial charge on any atom is -0.495 e. The van der Waals surface area contributed by atoms with Gasteiger partial charge in [-0.2, -0.15) is 0 Å². The van der Waals surface area contributed by atoms with Gasteiger partial charge in [0.05, 0.1) is 25.7 Å². The normalized spacial score (nSPS) is 18.8. The van der Waals surface area contributed by atoms with Gasteiger partial charge in [-0.25, -0.2) is 9.37 Å². The van der Waals surface area contributed by atoms with Gasteiger partial charge in [0.2, 0.25) is 5.91 Å². The van der Waals surface area contributed by atoms with Crippen molar-refractivity contribution < 1.29 is 23.5 Å². The second-order valence-corrected chi connectivity index (χ2v) is 9.72. The van der Waals surface area contributed by atoms with Crippen LogP contribution in [0.2, 0.25) is 0 Å². The highest BCUT2D eigenvalue weighted by Crippen LogP contribution is 2.39. The number of benzene rings is 2. The zero-order valence-corrected chi connectivity index (χ0v) is 20.9. The van der Waals surface area contributed by atoms with Crippen molar-refractivity contribution in [2.45, 2.75) is 51.4 Å². The van der Waals surface area contributed by atoms with Gasteiger partial charge >= 0.3 is 0 Å². The van der Waals surface area contributed by atoms with Crippen molar-refractivity contribution in [2.75, 3.05) is 12.4 Å². The molecule has 37 heavy (non-hydrogen) atoms. The number of aromatic nitrogens is 2. The van der Waals surface area contributed by atoms with E-state index in [1.807, 2.05) is 13.0 Å². The third-order valence-corrected chi connectivity index (χ3v) is 6.85. The van der Waals surface area contributed by atoms with Crippen molar-refractivity contribution in [3.05, 3.63) is 77.1 Å². The molecule has 2 aliphatic rings. The van der Waals surface area contributed by atoms with E-state index >= 15 is 0 Å². The molecule has 2 aromatic carbocycles. The van der Waals surface area contributed by atoms with Crippen LogP contribution in [-0.4, -0.2) is 50.9 Å². The molecule has 9 nitrogen and oxygen atoms in total. The molecule has 2 heterocycles. The Morgan fingerprint density at radius 3 is 2.59 bits per heavy atom. The maximum atomic E-state index is 13.8. The van der Waals surface area contributed by atoms with Crippen LogP contribution in [0, 0.1) is 12.7 Å². The number of carbonyl (C=O) groups is 3. The van der Waals surface area contributed by atoms with Crippen LogP contribution in [0.15, 0.2) is 48.8 Å². The fraction of sp³-hybridized carbons (Fsp3) is 0.333. The van der Waals surface area contributed by atoms with Gasteiger partial charge in [-0.3, -0.25) is 14.4 Å². The maximum absolute atomic E-state index is 13.8. The van der Waals surface area contributed by atoms with Crippen LogP contribution in [0.3, 0.4) is 0 Å². The first-order valence-corrected chi connectivity index (χ1v) is 12.1. The van der Waals surface area contributed by atoms with Crippen molar-refractivity contribution >= 4 is 23.4 Å². The summed E-state index contributed by atoms with van der Waals surface area (Å²) in [5.74, 6) is -1.14. The molecule has 3 amide bonds. The standard InChI is InChI=1S/C27H28FN5O4/c1-16-4-11-21(37-3)20(12-16)31-24(34)22-23-25(35)33(19-9-10-19)27(2,14-32(23)15-30-22)26(36)29-13-17-5-7-18(28)8-6-17/h4-8,11-12,15,19H,9-10,13-14H2,1-3H3,(H,29,36)(H,31,34)/t27-/m0/s1. The molecule has 1 aromatic heterocycles. The second-order valence-electron chi connectivity index (χ2n) is 9.72. The van der Waals surface area contributed by atoms with Gasteiger partial charge in [0.1, 0.15) is 22.8 Å². The first-order valence-electron chi connectivity index (χ1n) is 12.1. The van der Waals surface area contributed by atoms with Gasteiger partial charge in [0, 0.05) is 12.6 Å². The number of carbonyl (C=O) groups excluding carboxylic acids is 3. The van der Waals surface area contributed by atoms with Gasteiger partial charge in [-0.15, -0.1) is 0 Å². The van der Waals surface area contributed by atoms with Gasteiger partial charge in [-0.1, -0.05) is 18.2 Å². The number of halogens is 1. The summed E-state index contributed by atoms with van der Waals surface area (Å²) in [5.41, 5.74) is 1.11. The van der Waals surface area contributed by atoms with Gasteiger partial charge in [0.25, 0.3) is 11.8 Å². The number of methoxy groups -OCH3 is 1.